The van der Waals surface area contributed by atoms with Gasteiger partial charge in [0.1, 0.15) is 12.0 Å². The van der Waals surface area contributed by atoms with E-state index in [9.17, 15) is 0 Å². The zero-order valence-electron chi connectivity index (χ0n) is 10.5. The molecule has 4 heteroatoms. The summed E-state index contributed by atoms with van der Waals surface area (Å²) in [6.07, 6.45) is 6.43. The number of fused-ring (bicyclic) bond motifs is 1. The number of aromatic nitrogens is 3. The lowest BCUT2D eigenvalue weighted by atomic mass is 9.90. The van der Waals surface area contributed by atoms with Gasteiger partial charge in [-0.1, -0.05) is 12.1 Å². The van der Waals surface area contributed by atoms with Crippen LogP contribution in [0.25, 0.3) is 11.3 Å². The fourth-order valence-corrected chi connectivity index (χ4v) is 2.53. The molecule has 2 aromatic rings. The molecule has 0 unspecified atom stereocenters. The third-order valence-corrected chi connectivity index (χ3v) is 3.48. The number of nitrogens with one attached hydrogen (secondary N) is 1. The summed E-state index contributed by atoms with van der Waals surface area (Å²) < 4.78 is 0. The van der Waals surface area contributed by atoms with E-state index in [1.165, 1.54) is 43.1 Å². The van der Waals surface area contributed by atoms with E-state index in [2.05, 4.69) is 38.7 Å². The molecule has 1 N–H and O–H groups in total. The molecule has 0 amide bonds. The van der Waals surface area contributed by atoms with Gasteiger partial charge >= 0.3 is 0 Å². The van der Waals surface area contributed by atoms with Gasteiger partial charge in [0.2, 0.25) is 0 Å². The van der Waals surface area contributed by atoms with Gasteiger partial charge in [0.05, 0.1) is 0 Å². The first kappa shape index (κ1) is 11.1. The maximum absolute atomic E-state index is 4.20. The van der Waals surface area contributed by atoms with E-state index in [4.69, 9.17) is 0 Å². The number of anilines is 1. The first-order chi connectivity index (χ1) is 8.88. The topological polar surface area (TPSA) is 50.7 Å². The maximum atomic E-state index is 4.20. The van der Waals surface area contributed by atoms with Crippen molar-refractivity contribution in [3.63, 3.8) is 0 Å². The Bertz CT molecular complexity index is 565. The van der Waals surface area contributed by atoms with Gasteiger partial charge < -0.3 is 5.32 Å². The van der Waals surface area contributed by atoms with Gasteiger partial charge in [0.25, 0.3) is 0 Å². The Morgan fingerprint density at radius 2 is 1.94 bits per heavy atom. The van der Waals surface area contributed by atoms with E-state index in [-0.39, 0.29) is 0 Å². The van der Waals surface area contributed by atoms with E-state index in [1.54, 1.807) is 0 Å². The van der Waals surface area contributed by atoms with E-state index in [0.29, 0.717) is 0 Å². The lowest BCUT2D eigenvalue weighted by Crippen LogP contribution is -2.04. The Kier molecular flexibility index (Phi) is 2.92. The van der Waals surface area contributed by atoms with E-state index in [1.807, 2.05) is 7.05 Å². The van der Waals surface area contributed by atoms with Crippen molar-refractivity contribution in [2.24, 2.45) is 0 Å². The van der Waals surface area contributed by atoms with Crippen LogP contribution in [0.15, 0.2) is 24.5 Å². The molecule has 18 heavy (non-hydrogen) atoms. The molecule has 0 aliphatic heterocycles. The Morgan fingerprint density at radius 3 is 2.78 bits per heavy atom. The second kappa shape index (κ2) is 4.72. The predicted octanol–water partition coefficient (Wildman–Crippen LogP) is 2.46. The highest BCUT2D eigenvalue weighted by Crippen LogP contribution is 2.28. The lowest BCUT2D eigenvalue weighted by Gasteiger charge is -2.16. The van der Waals surface area contributed by atoms with Crippen LogP contribution in [0.1, 0.15) is 24.0 Å². The third kappa shape index (κ3) is 1.94. The van der Waals surface area contributed by atoms with Crippen LogP contribution in [0.3, 0.4) is 0 Å². The minimum Gasteiger partial charge on any atom is -0.371 e. The average molecular weight is 240 g/mol. The molecule has 92 valence electrons. The van der Waals surface area contributed by atoms with Crippen molar-refractivity contribution < 1.29 is 0 Å². The Labute approximate surface area is 106 Å². The first-order valence-electron chi connectivity index (χ1n) is 6.36. The second-order valence-corrected chi connectivity index (χ2v) is 4.60. The standard InChI is InChI=1S/C14H16N4/c1-15-14-13(18-17-9-16-14)12-7-6-10-4-2-3-5-11(10)8-12/h6-9H,2-5H2,1H3,(H,15,16,17). The van der Waals surface area contributed by atoms with Crippen LogP contribution in [0.4, 0.5) is 5.82 Å². The summed E-state index contributed by atoms with van der Waals surface area (Å²) in [6.45, 7) is 0. The van der Waals surface area contributed by atoms with Crippen molar-refractivity contribution in [3.05, 3.63) is 35.7 Å². The zero-order chi connectivity index (χ0) is 12.4. The second-order valence-electron chi connectivity index (χ2n) is 4.60. The molecule has 0 radical (unpaired) electrons. The lowest BCUT2D eigenvalue weighted by molar-refractivity contribution is 0.686. The summed E-state index contributed by atoms with van der Waals surface area (Å²) in [5, 5.41) is 11.1. The number of hydrogen-bond donors (Lipinski definition) is 1. The van der Waals surface area contributed by atoms with Gasteiger partial charge in [0.15, 0.2) is 5.82 Å². The summed E-state index contributed by atoms with van der Waals surface area (Å²) in [7, 11) is 1.85. The predicted molar refractivity (Wildman–Crippen MR) is 71.5 cm³/mol. The molecule has 0 atom stereocenters. The fraction of sp³-hybridized carbons (Fsp3) is 0.357. The van der Waals surface area contributed by atoms with Gasteiger partial charge in [-0.3, -0.25) is 0 Å². The van der Waals surface area contributed by atoms with Crippen molar-refractivity contribution in [1.82, 2.24) is 15.2 Å². The number of aryl methyl sites for hydroxylation is 2. The fourth-order valence-electron chi connectivity index (χ4n) is 2.53. The molecule has 4 nitrogen and oxygen atoms in total. The molecule has 0 saturated carbocycles. The number of hydrogen-bond acceptors (Lipinski definition) is 4. The molecular weight excluding hydrogens is 224 g/mol. The van der Waals surface area contributed by atoms with Crippen molar-refractivity contribution in [3.8, 4) is 11.3 Å². The molecule has 1 aliphatic rings. The van der Waals surface area contributed by atoms with Crippen LogP contribution in [-0.2, 0) is 12.8 Å². The molecule has 3 rings (SSSR count). The largest absolute Gasteiger partial charge is 0.371 e. The summed E-state index contributed by atoms with van der Waals surface area (Å²) in [6, 6.07) is 6.58. The van der Waals surface area contributed by atoms with Crippen LogP contribution >= 0.6 is 0 Å². The maximum Gasteiger partial charge on any atom is 0.156 e. The monoisotopic (exact) mass is 240 g/mol. The van der Waals surface area contributed by atoms with Crippen LogP contribution in [0.2, 0.25) is 0 Å². The van der Waals surface area contributed by atoms with Crippen molar-refractivity contribution in [1.29, 1.82) is 0 Å². The zero-order valence-corrected chi connectivity index (χ0v) is 10.5. The summed E-state index contributed by atoms with van der Waals surface area (Å²) in [4.78, 5) is 4.20. The number of rotatable bonds is 2. The third-order valence-electron chi connectivity index (χ3n) is 3.48. The van der Waals surface area contributed by atoms with Gasteiger partial charge in [-0.05, 0) is 42.9 Å². The molecular formula is C14H16N4. The van der Waals surface area contributed by atoms with Crippen LogP contribution < -0.4 is 5.32 Å². The van der Waals surface area contributed by atoms with E-state index < -0.39 is 0 Å². The number of benzene rings is 1. The molecule has 0 saturated heterocycles. The van der Waals surface area contributed by atoms with Gasteiger partial charge in [-0.15, -0.1) is 10.2 Å². The number of nitrogens with zero attached hydrogens (tertiary/aromatic N) is 3. The van der Waals surface area contributed by atoms with Gasteiger partial charge in [0, 0.05) is 12.6 Å². The van der Waals surface area contributed by atoms with Crippen molar-refractivity contribution >= 4 is 5.82 Å². The van der Waals surface area contributed by atoms with Crippen LogP contribution in [0.5, 0.6) is 0 Å². The van der Waals surface area contributed by atoms with Crippen LogP contribution in [-0.4, -0.2) is 22.2 Å². The minimum absolute atomic E-state index is 0.778. The normalized spacial score (nSPS) is 14.1. The van der Waals surface area contributed by atoms with Gasteiger partial charge in [-0.2, -0.15) is 0 Å². The SMILES string of the molecule is CNc1ncnnc1-c1ccc2c(c1)CCCC2. The first-order valence-corrected chi connectivity index (χ1v) is 6.36. The molecule has 1 heterocycles. The van der Waals surface area contributed by atoms with Crippen molar-refractivity contribution in [2.75, 3.05) is 12.4 Å². The summed E-state index contributed by atoms with van der Waals surface area (Å²) in [5.41, 5.74) is 4.85. The molecule has 1 aromatic heterocycles. The molecule has 1 aromatic carbocycles. The van der Waals surface area contributed by atoms with E-state index >= 15 is 0 Å². The molecule has 1 aliphatic carbocycles. The quantitative estimate of drug-likeness (QED) is 0.876. The van der Waals surface area contributed by atoms with E-state index in [0.717, 1.165) is 17.1 Å². The Balaban J connectivity index is 2.06. The minimum atomic E-state index is 0.778. The summed E-state index contributed by atoms with van der Waals surface area (Å²) >= 11 is 0. The summed E-state index contributed by atoms with van der Waals surface area (Å²) in [5.74, 6) is 0.778. The molecule has 0 spiro atoms. The smallest absolute Gasteiger partial charge is 0.156 e. The average Bonchev–Trinajstić information content (AvgIpc) is 2.46. The highest BCUT2D eigenvalue weighted by atomic mass is 15.2. The molecule has 0 fully saturated rings. The highest BCUT2D eigenvalue weighted by Gasteiger charge is 2.13. The Hall–Kier alpha value is -1.97. The van der Waals surface area contributed by atoms with Crippen LogP contribution in [0, 0.1) is 0 Å². The van der Waals surface area contributed by atoms with Crippen molar-refractivity contribution in [2.45, 2.75) is 25.7 Å². The van der Waals surface area contributed by atoms with Gasteiger partial charge in [-0.25, -0.2) is 4.98 Å². The highest BCUT2D eigenvalue weighted by molar-refractivity contribution is 5.71. The molecule has 0 bridgehead atoms. The Morgan fingerprint density at radius 1 is 1.11 bits per heavy atom.